The summed E-state index contributed by atoms with van der Waals surface area (Å²) in [5.74, 6) is -0.154. The molecule has 5 heteroatoms. The lowest BCUT2D eigenvalue weighted by Gasteiger charge is -2.08. The molecule has 0 atom stereocenters. The predicted molar refractivity (Wildman–Crippen MR) is 76.6 cm³/mol. The van der Waals surface area contributed by atoms with Crippen LogP contribution in [0.5, 0.6) is 0 Å². The fourth-order valence-corrected chi connectivity index (χ4v) is 3.24. The largest absolute Gasteiger partial charge is 0.293 e. The summed E-state index contributed by atoms with van der Waals surface area (Å²) in [6.07, 6.45) is 3.37. The van der Waals surface area contributed by atoms with Crippen molar-refractivity contribution in [1.29, 1.82) is 5.26 Å². The molecular weight excluding hydrogens is 274 g/mol. The summed E-state index contributed by atoms with van der Waals surface area (Å²) in [7, 11) is -3.08. The molecule has 1 aliphatic carbocycles. The van der Waals surface area contributed by atoms with Gasteiger partial charge in [-0.3, -0.25) is 4.79 Å². The third kappa shape index (κ3) is 3.14. The Morgan fingerprint density at radius 3 is 2.70 bits per heavy atom. The molecule has 0 fully saturated rings. The second-order valence-corrected chi connectivity index (χ2v) is 7.29. The Balaban J connectivity index is 2.32. The highest BCUT2D eigenvalue weighted by Crippen LogP contribution is 2.29. The maximum atomic E-state index is 11.7. The van der Waals surface area contributed by atoms with Gasteiger partial charge in [-0.1, -0.05) is 12.1 Å². The summed E-state index contributed by atoms with van der Waals surface area (Å²) in [6, 6.07) is 5.62. The number of nitrogens with zero attached hydrogens (tertiary/aromatic N) is 1. The van der Waals surface area contributed by atoms with Gasteiger partial charge in [0.2, 0.25) is 0 Å². The van der Waals surface area contributed by atoms with Gasteiger partial charge >= 0.3 is 0 Å². The van der Waals surface area contributed by atoms with Crippen LogP contribution in [0.25, 0.3) is 6.08 Å². The van der Waals surface area contributed by atoms with Crippen LogP contribution in [0.15, 0.2) is 17.7 Å². The van der Waals surface area contributed by atoms with Crippen molar-refractivity contribution in [1.82, 2.24) is 0 Å². The number of ketones is 1. The van der Waals surface area contributed by atoms with Crippen LogP contribution in [0.2, 0.25) is 0 Å². The number of benzene rings is 1. The lowest BCUT2D eigenvalue weighted by molar-refractivity contribution is -0.114. The molecule has 1 aromatic rings. The van der Waals surface area contributed by atoms with Crippen LogP contribution >= 0.6 is 0 Å². The van der Waals surface area contributed by atoms with Crippen molar-refractivity contribution in [2.45, 2.75) is 25.5 Å². The van der Waals surface area contributed by atoms with Gasteiger partial charge in [-0.2, -0.15) is 5.26 Å². The minimum atomic E-state index is -3.08. The van der Waals surface area contributed by atoms with Crippen LogP contribution in [0.1, 0.15) is 28.7 Å². The molecule has 0 saturated carbocycles. The Morgan fingerprint density at radius 2 is 2.10 bits per heavy atom. The maximum absolute atomic E-state index is 11.7. The second kappa shape index (κ2) is 5.22. The Bertz CT molecular complexity index is 752. The normalized spacial score (nSPS) is 13.6. The second-order valence-electron chi connectivity index (χ2n) is 5.15. The number of rotatable bonds is 4. The number of hydrogen-bond donors (Lipinski definition) is 0. The fraction of sp³-hybridized carbons (Fsp3) is 0.333. The first-order valence-electron chi connectivity index (χ1n) is 6.21. The van der Waals surface area contributed by atoms with Crippen LogP contribution in [-0.2, 0) is 26.8 Å². The van der Waals surface area contributed by atoms with E-state index in [0.717, 1.165) is 22.3 Å². The third-order valence-electron chi connectivity index (χ3n) is 3.32. The summed E-state index contributed by atoms with van der Waals surface area (Å²) in [6.45, 7) is 1.86. The van der Waals surface area contributed by atoms with Gasteiger partial charge in [0, 0.05) is 18.2 Å². The van der Waals surface area contributed by atoms with Gasteiger partial charge < -0.3 is 0 Å². The van der Waals surface area contributed by atoms with E-state index in [-0.39, 0.29) is 18.0 Å². The monoisotopic (exact) mass is 289 g/mol. The van der Waals surface area contributed by atoms with Crippen molar-refractivity contribution >= 4 is 21.7 Å². The highest BCUT2D eigenvalue weighted by Gasteiger charge is 2.20. The Kier molecular flexibility index (Phi) is 3.78. The molecule has 1 aromatic carbocycles. The molecule has 0 bridgehead atoms. The lowest BCUT2D eigenvalue weighted by Crippen LogP contribution is -2.04. The zero-order valence-electron chi connectivity index (χ0n) is 11.4. The van der Waals surface area contributed by atoms with Crippen molar-refractivity contribution in [3.63, 3.8) is 0 Å². The molecule has 2 rings (SSSR count). The van der Waals surface area contributed by atoms with Gasteiger partial charge in [-0.15, -0.1) is 0 Å². The van der Waals surface area contributed by atoms with E-state index >= 15 is 0 Å². The number of sulfone groups is 1. The Hall–Kier alpha value is -1.93. The van der Waals surface area contributed by atoms with Crippen molar-refractivity contribution in [2.24, 2.45) is 0 Å². The standard InChI is InChI=1S/C15H15NO3S/c1-10-5-11-6-13(15(17)3-4-16)7-12(11)8-14(10)9-20(2,18)19/h5-6,8H,3,7,9H2,1-2H3. The van der Waals surface area contributed by atoms with E-state index in [1.54, 1.807) is 6.08 Å². The maximum Gasteiger partial charge on any atom is 0.173 e. The van der Waals surface area contributed by atoms with E-state index in [0.29, 0.717) is 12.0 Å². The quantitative estimate of drug-likeness (QED) is 0.849. The van der Waals surface area contributed by atoms with E-state index in [9.17, 15) is 13.2 Å². The van der Waals surface area contributed by atoms with Gasteiger partial charge in [0.25, 0.3) is 0 Å². The summed E-state index contributed by atoms with van der Waals surface area (Å²) in [5.41, 5.74) is 4.20. The molecule has 0 radical (unpaired) electrons. The highest BCUT2D eigenvalue weighted by atomic mass is 32.2. The zero-order valence-corrected chi connectivity index (χ0v) is 12.3. The van der Waals surface area contributed by atoms with Crippen LogP contribution in [0.4, 0.5) is 0 Å². The number of allylic oxidation sites excluding steroid dienone is 1. The molecule has 0 aromatic heterocycles. The fourth-order valence-electron chi connectivity index (χ4n) is 2.36. The molecule has 4 nitrogen and oxygen atoms in total. The number of carbonyl (C=O) groups excluding carboxylic acids is 1. The first-order chi connectivity index (χ1) is 9.30. The van der Waals surface area contributed by atoms with Gasteiger partial charge in [0.05, 0.1) is 18.2 Å². The summed E-state index contributed by atoms with van der Waals surface area (Å²) < 4.78 is 22.8. The molecule has 0 amide bonds. The van der Waals surface area contributed by atoms with Crippen molar-refractivity contribution < 1.29 is 13.2 Å². The van der Waals surface area contributed by atoms with E-state index < -0.39 is 9.84 Å². The number of nitriles is 1. The van der Waals surface area contributed by atoms with Crippen LogP contribution in [0, 0.1) is 18.3 Å². The molecule has 0 N–H and O–H groups in total. The summed E-state index contributed by atoms with van der Waals surface area (Å²) >= 11 is 0. The topological polar surface area (TPSA) is 75.0 Å². The van der Waals surface area contributed by atoms with Crippen LogP contribution < -0.4 is 0 Å². The first-order valence-corrected chi connectivity index (χ1v) is 8.27. The molecule has 0 heterocycles. The molecule has 1 aliphatic rings. The third-order valence-corrected chi connectivity index (χ3v) is 4.16. The SMILES string of the molecule is Cc1cc2c(cc1CS(C)(=O)=O)CC(C(=O)CC#N)=C2. The number of aryl methyl sites for hydroxylation is 1. The number of carbonyl (C=O) groups is 1. The Morgan fingerprint density at radius 1 is 1.40 bits per heavy atom. The molecule has 104 valence electrons. The average Bonchev–Trinajstić information content (AvgIpc) is 2.71. The smallest absolute Gasteiger partial charge is 0.173 e. The van der Waals surface area contributed by atoms with Crippen LogP contribution in [0.3, 0.4) is 0 Å². The molecular formula is C15H15NO3S. The lowest BCUT2D eigenvalue weighted by atomic mass is 10.0. The zero-order chi connectivity index (χ0) is 14.9. The molecule has 0 spiro atoms. The molecule has 0 aliphatic heterocycles. The number of Topliss-reactive ketones (excluding diaryl/α,β-unsaturated/α-hetero) is 1. The Labute approximate surface area is 118 Å². The average molecular weight is 289 g/mol. The van der Waals surface area contributed by atoms with Gasteiger partial charge in [-0.25, -0.2) is 8.42 Å². The van der Waals surface area contributed by atoms with Gasteiger partial charge in [-0.05, 0) is 35.3 Å². The minimum Gasteiger partial charge on any atom is -0.293 e. The minimum absolute atomic E-state index is 0.00753. The highest BCUT2D eigenvalue weighted by molar-refractivity contribution is 7.89. The van der Waals surface area contributed by atoms with Crippen molar-refractivity contribution in [3.8, 4) is 6.07 Å². The van der Waals surface area contributed by atoms with Gasteiger partial charge in [0.15, 0.2) is 15.6 Å². The molecule has 0 saturated heterocycles. The van der Waals surface area contributed by atoms with Gasteiger partial charge in [0.1, 0.15) is 0 Å². The summed E-state index contributed by atoms with van der Waals surface area (Å²) in [5, 5.41) is 8.57. The van der Waals surface area contributed by atoms with E-state index in [1.807, 2.05) is 25.1 Å². The van der Waals surface area contributed by atoms with Crippen molar-refractivity contribution in [2.75, 3.05) is 6.26 Å². The predicted octanol–water partition coefficient (Wildman–Crippen LogP) is 1.96. The molecule has 0 unspecified atom stereocenters. The number of hydrogen-bond acceptors (Lipinski definition) is 4. The van der Waals surface area contributed by atoms with Crippen LogP contribution in [-0.4, -0.2) is 20.5 Å². The molecule has 20 heavy (non-hydrogen) atoms. The van der Waals surface area contributed by atoms with Crippen molar-refractivity contribution in [3.05, 3.63) is 40.0 Å². The number of fused-ring (bicyclic) bond motifs is 1. The summed E-state index contributed by atoms with van der Waals surface area (Å²) in [4.78, 5) is 11.7. The van der Waals surface area contributed by atoms with E-state index in [4.69, 9.17) is 5.26 Å². The first kappa shape index (κ1) is 14.5. The van der Waals surface area contributed by atoms with E-state index in [1.165, 1.54) is 6.26 Å². The van der Waals surface area contributed by atoms with E-state index in [2.05, 4.69) is 0 Å².